The molecule has 4 aromatic rings. The monoisotopic (exact) mass is 609 g/mol. The van der Waals surface area contributed by atoms with E-state index in [0.29, 0.717) is 51.9 Å². The Morgan fingerprint density at radius 2 is 1.95 bits per heavy atom. The molecule has 226 valence electrons. The van der Waals surface area contributed by atoms with Gasteiger partial charge in [0.1, 0.15) is 29.9 Å². The van der Waals surface area contributed by atoms with Gasteiger partial charge in [0.2, 0.25) is 0 Å². The fraction of sp³-hybridized carbons (Fsp3) is 0.516. The predicted molar refractivity (Wildman–Crippen MR) is 163 cm³/mol. The third kappa shape index (κ3) is 4.27. The largest absolute Gasteiger partial charge is 0.461 e. The minimum absolute atomic E-state index is 0.0974. The van der Waals surface area contributed by atoms with Crippen molar-refractivity contribution in [2.24, 2.45) is 0 Å². The van der Waals surface area contributed by atoms with Crippen LogP contribution in [0.1, 0.15) is 44.6 Å². The van der Waals surface area contributed by atoms with Gasteiger partial charge in [-0.1, -0.05) is 18.3 Å². The van der Waals surface area contributed by atoms with E-state index in [2.05, 4.69) is 25.1 Å². The van der Waals surface area contributed by atoms with Crippen LogP contribution in [0.2, 0.25) is 0 Å². The van der Waals surface area contributed by atoms with Gasteiger partial charge in [-0.15, -0.1) is 0 Å². The summed E-state index contributed by atoms with van der Waals surface area (Å²) in [7, 11) is 0. The SMILES string of the molecule is CCc1cc2c(N3C4CCC3CNC4)nc(OC[C@@]34CCCN3C[C@H](F)C4)nc2c(F)c1-c1ccc(F)c2sc(N)nc12. The number of nitrogens with zero attached hydrogens (tertiary/aromatic N) is 5. The van der Waals surface area contributed by atoms with Crippen LogP contribution in [-0.2, 0) is 6.42 Å². The Bertz CT molecular complexity index is 1730. The summed E-state index contributed by atoms with van der Waals surface area (Å²) < 4.78 is 52.8. The predicted octanol–water partition coefficient (Wildman–Crippen LogP) is 5.23. The summed E-state index contributed by atoms with van der Waals surface area (Å²) in [6.07, 6.45) is 3.97. The lowest BCUT2D eigenvalue weighted by molar-refractivity contribution is 0.107. The molecule has 4 atom stereocenters. The van der Waals surface area contributed by atoms with Crippen molar-refractivity contribution in [3.63, 3.8) is 0 Å². The summed E-state index contributed by atoms with van der Waals surface area (Å²) in [6.45, 7) is 5.15. The van der Waals surface area contributed by atoms with Crippen molar-refractivity contribution in [1.29, 1.82) is 0 Å². The van der Waals surface area contributed by atoms with Gasteiger partial charge in [0.25, 0.3) is 0 Å². The quantitative estimate of drug-likeness (QED) is 0.307. The minimum Gasteiger partial charge on any atom is -0.461 e. The van der Waals surface area contributed by atoms with Gasteiger partial charge in [-0.25, -0.2) is 18.2 Å². The third-order valence-corrected chi connectivity index (χ3v) is 10.9. The first kappa shape index (κ1) is 27.3. The fourth-order valence-electron chi connectivity index (χ4n) is 8.04. The van der Waals surface area contributed by atoms with Crippen molar-refractivity contribution in [2.75, 3.05) is 43.4 Å². The highest BCUT2D eigenvalue weighted by molar-refractivity contribution is 7.22. The maximum atomic E-state index is 17.0. The number of halogens is 3. The third-order valence-electron chi connectivity index (χ3n) is 9.99. The summed E-state index contributed by atoms with van der Waals surface area (Å²) in [5.41, 5.74) is 7.64. The number of alkyl halides is 1. The molecule has 12 heteroatoms. The Morgan fingerprint density at radius 1 is 1.14 bits per heavy atom. The van der Waals surface area contributed by atoms with Gasteiger partial charge in [-0.3, -0.25) is 4.90 Å². The number of aromatic nitrogens is 3. The molecule has 6 heterocycles. The lowest BCUT2D eigenvalue weighted by atomic mass is 9.94. The van der Waals surface area contributed by atoms with Gasteiger partial charge in [-0.05, 0) is 62.4 Å². The minimum atomic E-state index is -0.881. The Kier molecular flexibility index (Phi) is 6.46. The molecule has 0 amide bonds. The zero-order valence-electron chi connectivity index (χ0n) is 24.0. The second kappa shape index (κ2) is 10.2. The lowest BCUT2D eigenvalue weighted by Crippen LogP contribution is -2.52. The van der Waals surface area contributed by atoms with Crippen LogP contribution in [0.3, 0.4) is 0 Å². The number of anilines is 2. The number of nitrogens with two attached hydrogens (primary N) is 1. The first-order valence-corrected chi connectivity index (χ1v) is 16.1. The molecule has 43 heavy (non-hydrogen) atoms. The summed E-state index contributed by atoms with van der Waals surface area (Å²) in [5.74, 6) is -0.286. The van der Waals surface area contributed by atoms with E-state index < -0.39 is 17.8 Å². The zero-order chi connectivity index (χ0) is 29.5. The molecule has 2 bridgehead atoms. The number of nitrogen functional groups attached to an aromatic ring is 1. The van der Waals surface area contributed by atoms with Crippen LogP contribution in [0.5, 0.6) is 6.01 Å². The number of ether oxygens (including phenoxy) is 1. The number of nitrogens with one attached hydrogen (secondary N) is 1. The lowest BCUT2D eigenvalue weighted by Gasteiger charge is -2.37. The summed E-state index contributed by atoms with van der Waals surface area (Å²) in [6, 6.07) is 5.44. The van der Waals surface area contributed by atoms with E-state index in [-0.39, 0.29) is 40.9 Å². The van der Waals surface area contributed by atoms with Crippen LogP contribution in [-0.4, -0.2) is 76.4 Å². The highest BCUT2D eigenvalue weighted by Gasteiger charge is 2.49. The number of hydrogen-bond donors (Lipinski definition) is 2. The summed E-state index contributed by atoms with van der Waals surface area (Å²) >= 11 is 1.05. The molecule has 0 aliphatic carbocycles. The smallest absolute Gasteiger partial charge is 0.319 e. The molecule has 3 N–H and O–H groups in total. The molecular formula is C31H34F3N7OS. The number of benzene rings is 2. The summed E-state index contributed by atoms with van der Waals surface area (Å²) in [4.78, 5) is 18.5. The average molecular weight is 610 g/mol. The van der Waals surface area contributed by atoms with Gasteiger partial charge in [0.05, 0.1) is 15.8 Å². The van der Waals surface area contributed by atoms with E-state index in [9.17, 15) is 8.78 Å². The standard InChI is InChI=1S/C31H34F3N7OS/c1-2-16-10-21-25(24(34)23(16)20-6-7-22(33)27-26(20)37-29(35)43-27)38-30(39-28(21)41-18-4-5-19(41)13-36-12-18)42-15-31-8-3-9-40(31)14-17(32)11-31/h6-7,10,17-19,36H,2-5,8-9,11-15H2,1H3,(H2,35,37)/t17-,18?,19?,31+/m1/s1. The van der Waals surface area contributed by atoms with Gasteiger partial charge in [0, 0.05) is 54.7 Å². The zero-order valence-corrected chi connectivity index (χ0v) is 24.8. The van der Waals surface area contributed by atoms with E-state index >= 15 is 4.39 Å². The number of fused-ring (bicyclic) bond motifs is 5. The second-order valence-corrected chi connectivity index (χ2v) is 13.5. The number of hydrogen-bond acceptors (Lipinski definition) is 9. The van der Waals surface area contributed by atoms with Gasteiger partial charge < -0.3 is 20.7 Å². The van der Waals surface area contributed by atoms with E-state index in [1.807, 2.05) is 13.0 Å². The van der Waals surface area contributed by atoms with Crippen LogP contribution in [0.25, 0.3) is 32.2 Å². The first-order valence-electron chi connectivity index (χ1n) is 15.2. The molecule has 4 fully saturated rings. The Hall–Kier alpha value is -3.22. The average Bonchev–Trinajstić information content (AvgIpc) is 3.72. The van der Waals surface area contributed by atoms with E-state index in [1.165, 1.54) is 6.07 Å². The normalized spacial score (nSPS) is 27.1. The molecule has 2 aromatic heterocycles. The highest BCUT2D eigenvalue weighted by atomic mass is 32.1. The Morgan fingerprint density at radius 3 is 2.74 bits per heavy atom. The van der Waals surface area contributed by atoms with Gasteiger partial charge >= 0.3 is 6.01 Å². The van der Waals surface area contributed by atoms with E-state index in [0.717, 1.165) is 62.2 Å². The maximum Gasteiger partial charge on any atom is 0.319 e. The van der Waals surface area contributed by atoms with E-state index in [4.69, 9.17) is 15.5 Å². The second-order valence-electron chi connectivity index (χ2n) is 12.4. The molecule has 8 rings (SSSR count). The number of piperazine rings is 1. The number of aryl methyl sites for hydroxylation is 1. The van der Waals surface area contributed by atoms with Crippen molar-refractivity contribution in [3.8, 4) is 17.1 Å². The van der Waals surface area contributed by atoms with Crippen LogP contribution >= 0.6 is 11.3 Å². The molecule has 2 unspecified atom stereocenters. The topological polar surface area (TPSA) is 92.4 Å². The van der Waals surface area contributed by atoms with Gasteiger partial charge in [-0.2, -0.15) is 9.97 Å². The van der Waals surface area contributed by atoms with Crippen LogP contribution in [0.15, 0.2) is 18.2 Å². The van der Waals surface area contributed by atoms with Crippen molar-refractivity contribution in [1.82, 2.24) is 25.2 Å². The summed E-state index contributed by atoms with van der Waals surface area (Å²) in [5, 5.41) is 4.36. The Balaban J connectivity index is 1.30. The van der Waals surface area contributed by atoms with Crippen LogP contribution < -0.4 is 20.7 Å². The van der Waals surface area contributed by atoms with Crippen LogP contribution in [0, 0.1) is 11.6 Å². The number of thiazole rings is 1. The van der Waals surface area contributed by atoms with Crippen molar-refractivity contribution < 1.29 is 17.9 Å². The van der Waals surface area contributed by atoms with Crippen molar-refractivity contribution >= 4 is 43.4 Å². The molecule has 2 aromatic carbocycles. The van der Waals surface area contributed by atoms with E-state index in [1.54, 1.807) is 6.07 Å². The van der Waals surface area contributed by atoms with Crippen molar-refractivity contribution in [2.45, 2.75) is 69.2 Å². The molecule has 4 aliphatic rings. The fourth-order valence-corrected chi connectivity index (χ4v) is 8.80. The van der Waals surface area contributed by atoms with Crippen LogP contribution in [0.4, 0.5) is 24.1 Å². The maximum absolute atomic E-state index is 17.0. The first-order chi connectivity index (χ1) is 20.8. The molecule has 4 saturated heterocycles. The molecular weight excluding hydrogens is 575 g/mol. The number of rotatable bonds is 6. The molecule has 8 nitrogen and oxygen atoms in total. The highest BCUT2D eigenvalue weighted by Crippen LogP contribution is 2.44. The molecule has 0 spiro atoms. The van der Waals surface area contributed by atoms with Gasteiger partial charge in [0.15, 0.2) is 10.9 Å². The Labute approximate surface area is 251 Å². The van der Waals surface area contributed by atoms with Crippen molar-refractivity contribution in [3.05, 3.63) is 35.4 Å². The molecule has 0 saturated carbocycles. The molecule has 4 aliphatic heterocycles. The molecule has 0 radical (unpaired) electrons.